The molecule has 0 aliphatic heterocycles. The van der Waals surface area contributed by atoms with Crippen LogP contribution >= 0.6 is 23.4 Å². The van der Waals surface area contributed by atoms with E-state index < -0.39 is 0 Å². The molecule has 0 saturated carbocycles. The lowest BCUT2D eigenvalue weighted by Gasteiger charge is -2.13. The fourth-order valence-electron chi connectivity index (χ4n) is 3.25. The Hall–Kier alpha value is -2.61. The maximum Gasteiger partial charge on any atom is 0.262 e. The third-order valence-electron chi connectivity index (χ3n) is 4.78. The minimum atomic E-state index is -0.0798. The Bertz CT molecular complexity index is 1250. The van der Waals surface area contributed by atoms with E-state index in [1.165, 1.54) is 11.8 Å². The van der Waals surface area contributed by atoms with Crippen molar-refractivity contribution >= 4 is 34.3 Å². The first-order chi connectivity index (χ1) is 15.5. The van der Waals surface area contributed by atoms with Crippen LogP contribution in [0.2, 0.25) is 5.02 Å². The zero-order valence-electron chi connectivity index (χ0n) is 18.0. The molecule has 6 nitrogen and oxygen atoms in total. The van der Waals surface area contributed by atoms with Crippen molar-refractivity contribution in [1.29, 1.82) is 0 Å². The van der Waals surface area contributed by atoms with E-state index in [2.05, 4.69) is 4.98 Å². The van der Waals surface area contributed by atoms with E-state index in [-0.39, 0.29) is 11.7 Å². The summed E-state index contributed by atoms with van der Waals surface area (Å²) >= 11 is 7.59. The molecule has 2 aromatic heterocycles. The molecule has 32 heavy (non-hydrogen) atoms. The zero-order valence-corrected chi connectivity index (χ0v) is 19.5. The Morgan fingerprint density at radius 3 is 2.75 bits per heavy atom. The highest BCUT2D eigenvalue weighted by molar-refractivity contribution is 7.98. The highest BCUT2D eigenvalue weighted by atomic mass is 35.5. The summed E-state index contributed by atoms with van der Waals surface area (Å²) in [7, 11) is 0. The second-order valence-corrected chi connectivity index (χ2v) is 8.96. The molecule has 0 atom stereocenters. The fourth-order valence-corrected chi connectivity index (χ4v) is 4.32. The molecule has 0 aliphatic carbocycles. The van der Waals surface area contributed by atoms with Gasteiger partial charge in [-0.15, -0.1) is 0 Å². The second kappa shape index (κ2) is 10.3. The Morgan fingerprint density at radius 1 is 1.16 bits per heavy atom. The number of aromatic nitrogens is 3. The first-order valence-corrected chi connectivity index (χ1v) is 11.8. The molecular formula is C24H24ClN3O3S. The summed E-state index contributed by atoms with van der Waals surface area (Å²) in [6.45, 7) is 5.09. The van der Waals surface area contributed by atoms with Gasteiger partial charge in [0.2, 0.25) is 5.89 Å². The van der Waals surface area contributed by atoms with E-state index in [1.54, 1.807) is 29.0 Å². The SMILES string of the molecule is CC(C)OCCCn1c(SCc2coc(-c3ccccc3)n2)nc2cc(Cl)ccc2c1=O. The molecule has 0 amide bonds. The van der Waals surface area contributed by atoms with E-state index in [0.717, 1.165) is 11.3 Å². The third-order valence-corrected chi connectivity index (χ3v) is 6.03. The summed E-state index contributed by atoms with van der Waals surface area (Å²) in [6, 6.07) is 14.9. The third kappa shape index (κ3) is 5.41. The van der Waals surface area contributed by atoms with E-state index in [9.17, 15) is 4.79 Å². The molecule has 0 aliphatic rings. The van der Waals surface area contributed by atoms with Gasteiger partial charge in [0, 0.05) is 29.5 Å². The van der Waals surface area contributed by atoms with Gasteiger partial charge in [0.25, 0.3) is 5.56 Å². The van der Waals surface area contributed by atoms with Crippen LogP contribution < -0.4 is 5.56 Å². The van der Waals surface area contributed by atoms with E-state index in [0.29, 0.717) is 52.3 Å². The van der Waals surface area contributed by atoms with Gasteiger partial charge in [-0.2, -0.15) is 0 Å². The average Bonchev–Trinajstić information content (AvgIpc) is 3.26. The van der Waals surface area contributed by atoms with Gasteiger partial charge in [0.15, 0.2) is 5.16 Å². The second-order valence-electron chi connectivity index (χ2n) is 7.58. The molecule has 0 saturated heterocycles. The lowest BCUT2D eigenvalue weighted by molar-refractivity contribution is 0.0743. The van der Waals surface area contributed by atoms with Crippen molar-refractivity contribution in [2.45, 2.75) is 43.8 Å². The lowest BCUT2D eigenvalue weighted by atomic mass is 10.2. The molecule has 0 bridgehead atoms. The standard InChI is InChI=1S/C24H24ClN3O3S/c1-16(2)30-12-6-11-28-23(29)20-10-9-18(25)13-21(20)27-24(28)32-15-19-14-31-22(26-19)17-7-4-3-5-8-17/h3-5,7-10,13-14,16H,6,11-12,15H2,1-2H3. The van der Waals surface area contributed by atoms with Crippen LogP contribution in [0.1, 0.15) is 26.0 Å². The first-order valence-electron chi connectivity index (χ1n) is 10.5. The topological polar surface area (TPSA) is 70.2 Å². The molecule has 0 spiro atoms. The summed E-state index contributed by atoms with van der Waals surface area (Å²) in [5, 5.41) is 1.72. The lowest BCUT2D eigenvalue weighted by Crippen LogP contribution is -2.24. The number of halogens is 1. The van der Waals surface area contributed by atoms with Gasteiger partial charge in [-0.1, -0.05) is 41.6 Å². The Labute approximate surface area is 195 Å². The molecule has 2 heterocycles. The molecule has 4 rings (SSSR count). The number of ether oxygens (including phenoxy) is 1. The van der Waals surface area contributed by atoms with Crippen LogP contribution in [-0.2, 0) is 17.0 Å². The van der Waals surface area contributed by atoms with Crippen molar-refractivity contribution in [1.82, 2.24) is 14.5 Å². The summed E-state index contributed by atoms with van der Waals surface area (Å²) in [4.78, 5) is 22.5. The van der Waals surface area contributed by atoms with Gasteiger partial charge in [0.1, 0.15) is 6.26 Å². The molecule has 0 fully saturated rings. The molecule has 0 N–H and O–H groups in total. The monoisotopic (exact) mass is 469 g/mol. The van der Waals surface area contributed by atoms with Crippen molar-refractivity contribution < 1.29 is 9.15 Å². The van der Waals surface area contributed by atoms with Crippen molar-refractivity contribution in [3.05, 3.63) is 75.9 Å². The van der Waals surface area contributed by atoms with E-state index in [1.807, 2.05) is 44.2 Å². The van der Waals surface area contributed by atoms with E-state index in [4.69, 9.17) is 25.7 Å². The van der Waals surface area contributed by atoms with Gasteiger partial charge in [-0.25, -0.2) is 9.97 Å². The molecular weight excluding hydrogens is 446 g/mol. The predicted octanol–water partition coefficient (Wildman–Crippen LogP) is 5.81. The highest BCUT2D eigenvalue weighted by Gasteiger charge is 2.14. The number of oxazole rings is 1. The van der Waals surface area contributed by atoms with Crippen molar-refractivity contribution in [3.63, 3.8) is 0 Å². The number of rotatable bonds is 9. The maximum atomic E-state index is 13.2. The fraction of sp³-hybridized carbons (Fsp3) is 0.292. The average molecular weight is 470 g/mol. The van der Waals surface area contributed by atoms with Crippen molar-refractivity contribution in [3.8, 4) is 11.5 Å². The quantitative estimate of drug-likeness (QED) is 0.175. The van der Waals surface area contributed by atoms with Crippen LogP contribution in [0.5, 0.6) is 0 Å². The number of benzene rings is 2. The zero-order chi connectivity index (χ0) is 22.5. The van der Waals surface area contributed by atoms with Gasteiger partial charge >= 0.3 is 0 Å². The minimum absolute atomic E-state index is 0.0798. The molecule has 8 heteroatoms. The van der Waals surface area contributed by atoms with Crippen LogP contribution in [0, 0.1) is 0 Å². The number of hydrogen-bond acceptors (Lipinski definition) is 6. The van der Waals surface area contributed by atoms with Crippen molar-refractivity contribution in [2.24, 2.45) is 0 Å². The Morgan fingerprint density at radius 2 is 1.97 bits per heavy atom. The summed E-state index contributed by atoms with van der Waals surface area (Å²) in [6.07, 6.45) is 2.52. The molecule has 0 unspecified atom stereocenters. The summed E-state index contributed by atoms with van der Waals surface area (Å²) in [5.41, 5.74) is 2.21. The van der Waals surface area contributed by atoms with Crippen LogP contribution in [0.3, 0.4) is 0 Å². The summed E-state index contributed by atoms with van der Waals surface area (Å²) in [5.74, 6) is 1.10. The van der Waals surface area contributed by atoms with Crippen molar-refractivity contribution in [2.75, 3.05) is 6.61 Å². The molecule has 4 aromatic rings. The first kappa shape index (κ1) is 22.6. The smallest absolute Gasteiger partial charge is 0.262 e. The van der Waals surface area contributed by atoms with Gasteiger partial charge in [-0.3, -0.25) is 9.36 Å². The van der Waals surface area contributed by atoms with Crippen LogP contribution in [-0.4, -0.2) is 27.2 Å². The Balaban J connectivity index is 1.58. The molecule has 166 valence electrons. The Kier molecular flexibility index (Phi) is 7.29. The number of hydrogen-bond donors (Lipinski definition) is 0. The normalized spacial score (nSPS) is 11.5. The van der Waals surface area contributed by atoms with Gasteiger partial charge < -0.3 is 9.15 Å². The molecule has 0 radical (unpaired) electrons. The number of nitrogens with zero attached hydrogens (tertiary/aromatic N) is 3. The minimum Gasteiger partial charge on any atom is -0.444 e. The van der Waals surface area contributed by atoms with E-state index >= 15 is 0 Å². The van der Waals surface area contributed by atoms with Crippen LogP contribution in [0.15, 0.2) is 69.2 Å². The number of fused-ring (bicyclic) bond motifs is 1. The van der Waals surface area contributed by atoms with Gasteiger partial charge in [-0.05, 0) is 50.6 Å². The molecule has 2 aromatic carbocycles. The maximum absolute atomic E-state index is 13.2. The van der Waals surface area contributed by atoms with Crippen LogP contribution in [0.4, 0.5) is 0 Å². The van der Waals surface area contributed by atoms with Crippen LogP contribution in [0.25, 0.3) is 22.4 Å². The van der Waals surface area contributed by atoms with Gasteiger partial charge in [0.05, 0.1) is 22.7 Å². The summed E-state index contributed by atoms with van der Waals surface area (Å²) < 4.78 is 13.0. The highest BCUT2D eigenvalue weighted by Crippen LogP contribution is 2.25. The largest absolute Gasteiger partial charge is 0.444 e. The predicted molar refractivity (Wildman–Crippen MR) is 128 cm³/mol. The number of thioether (sulfide) groups is 1.